The van der Waals surface area contributed by atoms with E-state index in [-0.39, 0.29) is 11.1 Å². The minimum Gasteiger partial charge on any atom is -0.267 e. The van der Waals surface area contributed by atoms with E-state index < -0.39 is 0 Å². The summed E-state index contributed by atoms with van der Waals surface area (Å²) in [7, 11) is 0. The Kier molecular flexibility index (Phi) is 9.87. The summed E-state index contributed by atoms with van der Waals surface area (Å²) < 4.78 is 1.02. The Bertz CT molecular complexity index is 1450. The third-order valence-corrected chi connectivity index (χ3v) is 10.8. The number of nitrogens with zero attached hydrogens (tertiary/aromatic N) is 2. The fraction of sp³-hybridized carbons (Fsp3) is 0.533. The van der Waals surface area contributed by atoms with Crippen molar-refractivity contribution in [1.82, 2.24) is 9.97 Å². The highest BCUT2D eigenvalue weighted by molar-refractivity contribution is 9.10. The summed E-state index contributed by atoms with van der Waals surface area (Å²) >= 11 is 7.28. The first-order chi connectivity index (χ1) is 17.9. The molecule has 2 atom stereocenters. The molecule has 2 unspecified atom stereocenters. The van der Waals surface area contributed by atoms with E-state index in [4.69, 9.17) is 0 Å². The van der Waals surface area contributed by atoms with Crippen LogP contribution in [-0.4, -0.2) is 9.97 Å². The molecule has 0 N–H and O–H groups in total. The normalized spacial score (nSPS) is 13.5. The van der Waals surface area contributed by atoms with Crippen molar-refractivity contribution in [2.75, 3.05) is 0 Å². The van der Waals surface area contributed by atoms with Gasteiger partial charge in [-0.1, -0.05) is 85.1 Å². The van der Waals surface area contributed by atoms with Crippen LogP contribution >= 0.6 is 38.6 Å². The summed E-state index contributed by atoms with van der Waals surface area (Å²) in [4.78, 5) is 38.6. The first-order valence-electron chi connectivity index (χ1n) is 13.8. The summed E-state index contributed by atoms with van der Waals surface area (Å²) in [5.41, 5.74) is 1.26. The summed E-state index contributed by atoms with van der Waals surface area (Å²) in [6.07, 6.45) is 11.5. The average molecular weight is 602 g/mol. The molecule has 37 heavy (non-hydrogen) atoms. The molecule has 0 aliphatic carbocycles. The molecule has 0 radical (unpaired) electrons. The van der Waals surface area contributed by atoms with Gasteiger partial charge in [0.15, 0.2) is 0 Å². The minimum absolute atomic E-state index is 0.346. The quantitative estimate of drug-likeness (QED) is 0.145. The van der Waals surface area contributed by atoms with Crippen LogP contribution in [0.5, 0.6) is 0 Å². The van der Waals surface area contributed by atoms with E-state index in [1.807, 2.05) is 28.8 Å². The van der Waals surface area contributed by atoms with Gasteiger partial charge in [0, 0.05) is 19.8 Å². The molecule has 0 spiro atoms. The molecule has 4 rings (SSSR count). The predicted molar refractivity (Wildman–Crippen MR) is 161 cm³/mol. The van der Waals surface area contributed by atoms with Gasteiger partial charge in [-0.3, -0.25) is 9.59 Å². The molecular formula is C30H37BrN2O2S2. The van der Waals surface area contributed by atoms with Gasteiger partial charge in [-0.25, -0.2) is 9.97 Å². The first-order valence-corrected chi connectivity index (χ1v) is 16.3. The first kappa shape index (κ1) is 28.3. The van der Waals surface area contributed by atoms with Crippen molar-refractivity contribution >= 4 is 38.6 Å². The molecule has 0 bridgehead atoms. The molecular weight excluding hydrogens is 564 g/mol. The molecule has 0 aromatic carbocycles. The zero-order chi connectivity index (χ0) is 26.5. The van der Waals surface area contributed by atoms with Gasteiger partial charge in [0.2, 0.25) is 0 Å². The number of hydrogen-bond acceptors (Lipinski definition) is 6. The lowest BCUT2D eigenvalue weighted by Gasteiger charge is -2.14. The zero-order valence-corrected chi connectivity index (χ0v) is 25.6. The number of rotatable bonds is 14. The van der Waals surface area contributed by atoms with Gasteiger partial charge in [-0.05, 0) is 52.1 Å². The van der Waals surface area contributed by atoms with Gasteiger partial charge in [0.05, 0.1) is 26.7 Å². The third-order valence-electron chi connectivity index (χ3n) is 7.59. The number of aromatic nitrogens is 2. The third kappa shape index (κ3) is 5.99. The van der Waals surface area contributed by atoms with Crippen LogP contribution in [0.3, 0.4) is 0 Å². The zero-order valence-electron chi connectivity index (χ0n) is 22.4. The van der Waals surface area contributed by atoms with E-state index in [1.54, 1.807) is 0 Å². The monoisotopic (exact) mass is 600 g/mol. The summed E-state index contributed by atoms with van der Waals surface area (Å²) in [5, 5.41) is 2.70. The number of hydrogen-bond donors (Lipinski definition) is 0. The van der Waals surface area contributed by atoms with Gasteiger partial charge in [0.25, 0.3) is 11.1 Å². The van der Waals surface area contributed by atoms with Gasteiger partial charge < -0.3 is 0 Å². The van der Waals surface area contributed by atoms with Crippen LogP contribution in [0.25, 0.3) is 21.8 Å². The molecule has 0 amide bonds. The molecule has 4 heterocycles. The topological polar surface area (TPSA) is 59.9 Å². The van der Waals surface area contributed by atoms with Crippen LogP contribution in [0.15, 0.2) is 31.6 Å². The lowest BCUT2D eigenvalue weighted by Crippen LogP contribution is -2.06. The van der Waals surface area contributed by atoms with Gasteiger partial charge >= 0.3 is 0 Å². The van der Waals surface area contributed by atoms with Crippen LogP contribution in [-0.2, 0) is 12.8 Å². The van der Waals surface area contributed by atoms with Crippen LogP contribution in [0.2, 0.25) is 0 Å². The molecule has 2 aromatic heterocycles. The van der Waals surface area contributed by atoms with E-state index in [1.165, 1.54) is 59.6 Å². The number of unbranched alkanes of at least 4 members (excludes halogenated alkanes) is 2. The van der Waals surface area contributed by atoms with Crippen LogP contribution in [0.1, 0.15) is 88.8 Å². The molecule has 0 saturated heterocycles. The predicted octanol–water partition coefficient (Wildman–Crippen LogP) is 8.53. The summed E-state index contributed by atoms with van der Waals surface area (Å²) in [6.45, 7) is 9.03. The molecule has 0 fully saturated rings. The maximum atomic E-state index is 13.2. The smallest absolute Gasteiger partial charge is 0.267 e. The molecule has 2 aliphatic heterocycles. The van der Waals surface area contributed by atoms with Crippen molar-refractivity contribution in [2.45, 2.75) is 91.9 Å². The second-order valence-electron chi connectivity index (χ2n) is 10.1. The largest absolute Gasteiger partial charge is 0.280 e. The molecule has 7 heteroatoms. The molecule has 198 valence electrons. The van der Waals surface area contributed by atoms with E-state index in [2.05, 4.69) is 53.6 Å². The van der Waals surface area contributed by atoms with Crippen molar-refractivity contribution in [3.05, 3.63) is 62.9 Å². The van der Waals surface area contributed by atoms with Crippen molar-refractivity contribution < 1.29 is 0 Å². The fourth-order valence-corrected chi connectivity index (χ4v) is 8.39. The SMILES string of the molecule is CCCCC(CC)Cc1sc(CC(CC)CCCC)c(-c2nc(=O)c3c(-c4cccs4)nc(=O)c2=3)c1Br. The van der Waals surface area contributed by atoms with Crippen molar-refractivity contribution in [3.8, 4) is 21.8 Å². The highest BCUT2D eigenvalue weighted by atomic mass is 79.9. The Morgan fingerprint density at radius 2 is 1.41 bits per heavy atom. The molecule has 4 nitrogen and oxygen atoms in total. The van der Waals surface area contributed by atoms with Gasteiger partial charge in [0.1, 0.15) is 0 Å². The highest BCUT2D eigenvalue weighted by Crippen LogP contribution is 2.43. The lowest BCUT2D eigenvalue weighted by molar-refractivity contribution is 0.451. The Morgan fingerprint density at radius 3 is 1.95 bits per heavy atom. The van der Waals surface area contributed by atoms with Crippen LogP contribution in [0, 0.1) is 22.3 Å². The van der Waals surface area contributed by atoms with E-state index in [9.17, 15) is 9.59 Å². The number of halogens is 1. The van der Waals surface area contributed by atoms with Crippen molar-refractivity contribution in [2.24, 2.45) is 11.8 Å². The standard InChI is InChI=1S/C30H37BrN2O2S2/c1-5-9-12-18(7-3)16-21-23(26(31)22(37-21)17-19(8-4)13-10-6-2)28-25-24(29(34)33-28)27(32-30(25)35)20-14-11-15-36-20/h11,14-15,18-19H,5-10,12-13,16-17H2,1-4H3. The molecule has 2 aliphatic rings. The van der Waals surface area contributed by atoms with Crippen LogP contribution in [0.4, 0.5) is 0 Å². The number of thiophene rings is 2. The Balaban J connectivity index is 1.87. The molecule has 0 saturated carbocycles. The van der Waals surface area contributed by atoms with Gasteiger partial charge in [-0.2, -0.15) is 0 Å². The second-order valence-corrected chi connectivity index (χ2v) is 13.1. The minimum atomic E-state index is -0.346. The lowest BCUT2D eigenvalue weighted by atomic mass is 9.92. The maximum Gasteiger partial charge on any atom is 0.280 e. The van der Waals surface area contributed by atoms with E-state index >= 15 is 0 Å². The average Bonchev–Trinajstić information content (AvgIpc) is 3.66. The van der Waals surface area contributed by atoms with Crippen LogP contribution < -0.4 is 11.1 Å². The van der Waals surface area contributed by atoms with Crippen molar-refractivity contribution in [1.29, 1.82) is 0 Å². The van der Waals surface area contributed by atoms with E-state index in [0.717, 1.165) is 40.6 Å². The fourth-order valence-electron chi connectivity index (χ4n) is 5.28. The Morgan fingerprint density at radius 1 is 0.838 bits per heavy atom. The Hall–Kier alpha value is -1.70. The van der Waals surface area contributed by atoms with Gasteiger partial charge in [-0.15, -0.1) is 22.7 Å². The second kappa shape index (κ2) is 12.9. The Labute approximate surface area is 236 Å². The van der Waals surface area contributed by atoms with E-state index in [0.29, 0.717) is 33.7 Å². The maximum absolute atomic E-state index is 13.2. The van der Waals surface area contributed by atoms with Crippen molar-refractivity contribution in [3.63, 3.8) is 0 Å². The summed E-state index contributed by atoms with van der Waals surface area (Å²) in [5.74, 6) is 1.20. The highest BCUT2D eigenvalue weighted by Gasteiger charge is 2.27. The molecule has 2 aromatic rings. The summed E-state index contributed by atoms with van der Waals surface area (Å²) in [6, 6.07) is 3.82.